The van der Waals surface area contributed by atoms with Crippen LogP contribution in [0.1, 0.15) is 23.0 Å². The fourth-order valence-electron chi connectivity index (χ4n) is 1.77. The van der Waals surface area contributed by atoms with Crippen LogP contribution in [0.15, 0.2) is 18.3 Å². The van der Waals surface area contributed by atoms with Gasteiger partial charge in [-0.1, -0.05) is 18.8 Å². The van der Waals surface area contributed by atoms with Gasteiger partial charge in [-0.3, -0.25) is 9.59 Å². The summed E-state index contributed by atoms with van der Waals surface area (Å²) in [5, 5.41) is 2.56. The van der Waals surface area contributed by atoms with Gasteiger partial charge in [-0.15, -0.1) is 0 Å². The number of amides is 2. The Hall–Kier alpha value is -2.39. The molecule has 1 atom stereocenters. The summed E-state index contributed by atoms with van der Waals surface area (Å²) in [6.07, 6.45) is 1.53. The van der Waals surface area contributed by atoms with Crippen molar-refractivity contribution in [3.05, 3.63) is 29.6 Å². The highest BCUT2D eigenvalue weighted by Gasteiger charge is 2.19. The van der Waals surface area contributed by atoms with Gasteiger partial charge < -0.3 is 16.0 Å². The molecule has 1 aromatic heterocycles. The minimum Gasteiger partial charge on any atom is -0.359 e. The molecule has 1 heterocycles. The van der Waals surface area contributed by atoms with E-state index in [9.17, 15) is 9.59 Å². The van der Waals surface area contributed by atoms with E-state index < -0.39 is 0 Å². The lowest BCUT2D eigenvalue weighted by molar-refractivity contribution is -0.124. The Kier molecular flexibility index (Phi) is 6.37. The predicted molar refractivity (Wildman–Crippen MR) is 80.4 cm³/mol. The lowest BCUT2D eigenvalue weighted by atomic mass is 10.1. The number of nitrogens with one attached hydrogen (secondary N) is 1. The number of hydrogen-bond acceptors (Lipinski definition) is 4. The van der Waals surface area contributed by atoms with Crippen LogP contribution in [0.3, 0.4) is 0 Å². The summed E-state index contributed by atoms with van der Waals surface area (Å²) in [5.41, 5.74) is 6.32. The van der Waals surface area contributed by atoms with Crippen molar-refractivity contribution in [3.63, 3.8) is 0 Å². The van der Waals surface area contributed by atoms with Crippen LogP contribution in [-0.4, -0.2) is 48.9 Å². The van der Waals surface area contributed by atoms with Crippen molar-refractivity contribution >= 4 is 11.8 Å². The van der Waals surface area contributed by atoms with Crippen LogP contribution in [0, 0.1) is 17.8 Å². The molecule has 1 aromatic rings. The first-order valence-corrected chi connectivity index (χ1v) is 6.61. The standard InChI is InChI=1S/C15H20N4O2/c1-11(14(20)17-2)10-19(3)15(21)13-7-6-12(9-18-13)5-4-8-16/h6-7,9,11H,8,10,16H2,1-3H3,(H,17,20). The molecule has 0 saturated heterocycles. The highest BCUT2D eigenvalue weighted by Crippen LogP contribution is 2.05. The molecule has 6 heteroatoms. The SMILES string of the molecule is CNC(=O)C(C)CN(C)C(=O)c1ccc(C#CCN)cn1. The lowest BCUT2D eigenvalue weighted by Gasteiger charge is -2.20. The molecule has 0 radical (unpaired) electrons. The van der Waals surface area contributed by atoms with Crippen molar-refractivity contribution in [1.29, 1.82) is 0 Å². The number of nitrogens with two attached hydrogens (primary N) is 1. The maximum Gasteiger partial charge on any atom is 0.272 e. The highest BCUT2D eigenvalue weighted by atomic mass is 16.2. The van der Waals surface area contributed by atoms with E-state index in [4.69, 9.17) is 5.73 Å². The van der Waals surface area contributed by atoms with Crippen LogP contribution in [0.2, 0.25) is 0 Å². The van der Waals surface area contributed by atoms with Crippen molar-refractivity contribution in [2.24, 2.45) is 11.7 Å². The molecule has 112 valence electrons. The van der Waals surface area contributed by atoms with Crippen LogP contribution < -0.4 is 11.1 Å². The second kappa shape index (κ2) is 8.02. The molecular weight excluding hydrogens is 268 g/mol. The smallest absolute Gasteiger partial charge is 0.272 e. The summed E-state index contributed by atoms with van der Waals surface area (Å²) in [5.74, 6) is 4.94. The number of aromatic nitrogens is 1. The van der Waals surface area contributed by atoms with Crippen molar-refractivity contribution in [2.45, 2.75) is 6.92 Å². The lowest BCUT2D eigenvalue weighted by Crippen LogP contribution is -2.37. The van der Waals surface area contributed by atoms with E-state index in [2.05, 4.69) is 22.1 Å². The topological polar surface area (TPSA) is 88.3 Å². The minimum atomic E-state index is -0.279. The molecule has 1 unspecified atom stereocenters. The van der Waals surface area contributed by atoms with Crippen molar-refractivity contribution < 1.29 is 9.59 Å². The molecule has 0 bridgehead atoms. The van der Waals surface area contributed by atoms with Gasteiger partial charge >= 0.3 is 0 Å². The second-order valence-corrected chi connectivity index (χ2v) is 4.64. The Balaban J connectivity index is 2.72. The largest absolute Gasteiger partial charge is 0.359 e. The fraction of sp³-hybridized carbons (Fsp3) is 0.400. The number of carbonyl (C=O) groups excluding carboxylic acids is 2. The van der Waals surface area contributed by atoms with Crippen LogP contribution >= 0.6 is 0 Å². The molecular formula is C15H20N4O2. The monoisotopic (exact) mass is 288 g/mol. The van der Waals surface area contributed by atoms with Crippen molar-refractivity contribution in [2.75, 3.05) is 27.2 Å². The molecule has 3 N–H and O–H groups in total. The quantitative estimate of drug-likeness (QED) is 0.754. The zero-order valence-corrected chi connectivity index (χ0v) is 12.5. The number of nitrogens with zero attached hydrogens (tertiary/aromatic N) is 2. The van der Waals surface area contributed by atoms with Gasteiger partial charge in [-0.2, -0.15) is 0 Å². The summed E-state index contributed by atoms with van der Waals surface area (Å²) in [6, 6.07) is 3.34. The molecule has 0 spiro atoms. The van der Waals surface area contributed by atoms with Crippen molar-refractivity contribution in [1.82, 2.24) is 15.2 Å². The first kappa shape index (κ1) is 16.7. The molecule has 0 aliphatic heterocycles. The molecule has 0 saturated carbocycles. The Morgan fingerprint density at radius 2 is 2.19 bits per heavy atom. The Morgan fingerprint density at radius 3 is 2.71 bits per heavy atom. The summed E-state index contributed by atoms with van der Waals surface area (Å²) in [6.45, 7) is 2.37. The molecule has 1 rings (SSSR count). The Morgan fingerprint density at radius 1 is 1.48 bits per heavy atom. The van der Waals surface area contributed by atoms with Gasteiger partial charge in [0.2, 0.25) is 5.91 Å². The van der Waals surface area contributed by atoms with E-state index in [1.807, 2.05) is 0 Å². The average molecular weight is 288 g/mol. The zero-order chi connectivity index (χ0) is 15.8. The van der Waals surface area contributed by atoms with Crippen LogP contribution in [0.25, 0.3) is 0 Å². The van der Waals surface area contributed by atoms with E-state index in [0.717, 1.165) is 0 Å². The van der Waals surface area contributed by atoms with Crippen LogP contribution in [0.4, 0.5) is 0 Å². The minimum absolute atomic E-state index is 0.102. The van der Waals surface area contributed by atoms with E-state index in [-0.39, 0.29) is 24.3 Å². The van der Waals surface area contributed by atoms with Gasteiger partial charge in [0.1, 0.15) is 5.69 Å². The maximum absolute atomic E-state index is 12.2. The average Bonchev–Trinajstić information content (AvgIpc) is 2.51. The van der Waals surface area contributed by atoms with Crippen LogP contribution in [-0.2, 0) is 4.79 Å². The van der Waals surface area contributed by atoms with Gasteiger partial charge in [-0.25, -0.2) is 4.98 Å². The number of carbonyl (C=O) groups is 2. The molecule has 0 aliphatic rings. The van der Waals surface area contributed by atoms with Gasteiger partial charge in [0.25, 0.3) is 5.91 Å². The van der Waals surface area contributed by atoms with E-state index >= 15 is 0 Å². The molecule has 0 aliphatic carbocycles. The highest BCUT2D eigenvalue weighted by molar-refractivity contribution is 5.92. The first-order valence-electron chi connectivity index (χ1n) is 6.61. The summed E-state index contributed by atoms with van der Waals surface area (Å²) in [7, 11) is 3.22. The van der Waals surface area contributed by atoms with Gasteiger partial charge in [-0.05, 0) is 12.1 Å². The van der Waals surface area contributed by atoms with Gasteiger partial charge in [0.05, 0.1) is 12.5 Å². The summed E-state index contributed by atoms with van der Waals surface area (Å²) >= 11 is 0. The number of rotatable bonds is 4. The molecule has 0 aromatic carbocycles. The Bertz CT molecular complexity index is 557. The zero-order valence-electron chi connectivity index (χ0n) is 12.5. The van der Waals surface area contributed by atoms with Gasteiger partial charge in [0.15, 0.2) is 0 Å². The fourth-order valence-corrected chi connectivity index (χ4v) is 1.77. The number of hydrogen-bond donors (Lipinski definition) is 2. The van der Waals surface area contributed by atoms with E-state index in [0.29, 0.717) is 17.8 Å². The third-order valence-electron chi connectivity index (χ3n) is 2.91. The predicted octanol–water partition coefficient (Wildman–Crippen LogP) is -0.154. The molecule has 6 nitrogen and oxygen atoms in total. The Labute approximate surface area is 124 Å². The summed E-state index contributed by atoms with van der Waals surface area (Å²) in [4.78, 5) is 29.2. The second-order valence-electron chi connectivity index (χ2n) is 4.64. The molecule has 21 heavy (non-hydrogen) atoms. The molecule has 0 fully saturated rings. The van der Waals surface area contributed by atoms with E-state index in [1.165, 1.54) is 11.1 Å². The van der Waals surface area contributed by atoms with Gasteiger partial charge in [0, 0.05) is 32.4 Å². The third-order valence-corrected chi connectivity index (χ3v) is 2.91. The third kappa shape index (κ3) is 4.89. The van der Waals surface area contributed by atoms with Crippen LogP contribution in [0.5, 0.6) is 0 Å². The first-order chi connectivity index (χ1) is 9.99. The molecule has 2 amide bonds. The van der Waals surface area contributed by atoms with E-state index in [1.54, 1.807) is 33.2 Å². The maximum atomic E-state index is 12.2. The number of pyridine rings is 1. The normalized spacial score (nSPS) is 11.0. The van der Waals surface area contributed by atoms with Crippen molar-refractivity contribution in [3.8, 4) is 11.8 Å². The summed E-state index contributed by atoms with van der Waals surface area (Å²) < 4.78 is 0.